The number of thiocarbonyl (C=S) groups is 1. The highest BCUT2D eigenvalue weighted by Crippen LogP contribution is 2.35. The van der Waals surface area contributed by atoms with Crippen molar-refractivity contribution in [1.29, 1.82) is 0 Å². The Bertz CT molecular complexity index is 958. The van der Waals surface area contributed by atoms with Crippen molar-refractivity contribution in [1.82, 2.24) is 4.90 Å². The molecule has 0 spiro atoms. The standard InChI is InChI=1S/C21H18FNO3S2/c1-3-10-23-20(24)19(28-21(23)27)12-14-8-9-17(18(11-14)25-2)26-13-15-6-4-5-7-16(15)22/h3-9,11-12H,1,10,13H2,2H3. The van der Waals surface area contributed by atoms with Gasteiger partial charge in [0.25, 0.3) is 5.91 Å². The molecule has 0 saturated carbocycles. The van der Waals surface area contributed by atoms with Gasteiger partial charge in [0.2, 0.25) is 0 Å². The first-order valence-corrected chi connectivity index (χ1v) is 9.66. The number of rotatable bonds is 7. The van der Waals surface area contributed by atoms with Crippen molar-refractivity contribution >= 4 is 40.3 Å². The molecular weight excluding hydrogens is 397 g/mol. The smallest absolute Gasteiger partial charge is 0.266 e. The minimum Gasteiger partial charge on any atom is -0.493 e. The Morgan fingerprint density at radius 1 is 1.25 bits per heavy atom. The predicted octanol–water partition coefficient (Wildman–Crippen LogP) is 4.80. The average molecular weight is 416 g/mol. The maximum absolute atomic E-state index is 13.7. The second kappa shape index (κ2) is 9.03. The van der Waals surface area contributed by atoms with E-state index in [2.05, 4.69) is 6.58 Å². The molecule has 0 unspecified atom stereocenters. The SMILES string of the molecule is C=CCN1C(=O)C(=Cc2ccc(OCc3ccccc3F)c(OC)c2)SC1=S. The molecule has 3 rings (SSSR count). The van der Waals surface area contributed by atoms with Crippen LogP contribution in [0.4, 0.5) is 4.39 Å². The van der Waals surface area contributed by atoms with E-state index in [1.54, 1.807) is 48.6 Å². The lowest BCUT2D eigenvalue weighted by atomic mass is 10.1. The second-order valence-electron chi connectivity index (χ2n) is 5.87. The van der Waals surface area contributed by atoms with Gasteiger partial charge in [-0.15, -0.1) is 6.58 Å². The zero-order chi connectivity index (χ0) is 20.1. The van der Waals surface area contributed by atoms with E-state index in [1.165, 1.54) is 29.8 Å². The minimum absolute atomic E-state index is 0.0859. The van der Waals surface area contributed by atoms with Gasteiger partial charge in [-0.25, -0.2) is 4.39 Å². The van der Waals surface area contributed by atoms with Gasteiger partial charge in [0.1, 0.15) is 16.7 Å². The minimum atomic E-state index is -0.320. The van der Waals surface area contributed by atoms with Crippen LogP contribution in [0.15, 0.2) is 60.0 Å². The van der Waals surface area contributed by atoms with Gasteiger partial charge in [0.05, 0.1) is 12.0 Å². The first kappa shape index (κ1) is 20.1. The van der Waals surface area contributed by atoms with Crippen molar-refractivity contribution in [2.24, 2.45) is 0 Å². The summed E-state index contributed by atoms with van der Waals surface area (Å²) in [6.07, 6.45) is 3.39. The number of ether oxygens (including phenoxy) is 2. The van der Waals surface area contributed by atoms with Crippen LogP contribution in [0.1, 0.15) is 11.1 Å². The summed E-state index contributed by atoms with van der Waals surface area (Å²) in [5.74, 6) is 0.516. The molecule has 1 aliphatic heterocycles. The van der Waals surface area contributed by atoms with Crippen LogP contribution in [0.5, 0.6) is 11.5 Å². The third-order valence-corrected chi connectivity index (χ3v) is 5.39. The molecule has 0 radical (unpaired) electrons. The molecule has 28 heavy (non-hydrogen) atoms. The van der Waals surface area contributed by atoms with E-state index in [9.17, 15) is 9.18 Å². The zero-order valence-electron chi connectivity index (χ0n) is 15.2. The summed E-state index contributed by atoms with van der Waals surface area (Å²) in [5, 5.41) is 0. The first-order valence-electron chi connectivity index (χ1n) is 8.44. The van der Waals surface area contributed by atoms with Gasteiger partial charge >= 0.3 is 0 Å². The summed E-state index contributed by atoms with van der Waals surface area (Å²) in [4.78, 5) is 14.5. The van der Waals surface area contributed by atoms with Crippen LogP contribution >= 0.6 is 24.0 Å². The Kier molecular flexibility index (Phi) is 6.49. The highest BCUT2D eigenvalue weighted by Gasteiger charge is 2.31. The third kappa shape index (κ3) is 4.43. The number of hydrogen-bond acceptors (Lipinski definition) is 5. The fourth-order valence-electron chi connectivity index (χ4n) is 2.60. The highest BCUT2D eigenvalue weighted by molar-refractivity contribution is 8.26. The Labute approximate surface area is 172 Å². The second-order valence-corrected chi connectivity index (χ2v) is 7.55. The van der Waals surface area contributed by atoms with E-state index in [-0.39, 0.29) is 18.3 Å². The van der Waals surface area contributed by atoms with Crippen LogP contribution in [0, 0.1) is 5.82 Å². The quantitative estimate of drug-likeness (QED) is 0.369. The molecule has 144 valence electrons. The predicted molar refractivity (Wildman–Crippen MR) is 114 cm³/mol. The molecule has 0 aliphatic carbocycles. The van der Waals surface area contributed by atoms with Crippen LogP contribution in [0.2, 0.25) is 0 Å². The van der Waals surface area contributed by atoms with Crippen LogP contribution in [-0.4, -0.2) is 28.8 Å². The Morgan fingerprint density at radius 3 is 2.75 bits per heavy atom. The molecule has 2 aromatic carbocycles. The molecule has 1 heterocycles. The molecule has 1 saturated heterocycles. The lowest BCUT2D eigenvalue weighted by molar-refractivity contribution is -0.121. The summed E-state index contributed by atoms with van der Waals surface area (Å²) >= 11 is 6.49. The molecule has 1 amide bonds. The van der Waals surface area contributed by atoms with Crippen molar-refractivity contribution < 1.29 is 18.7 Å². The number of halogens is 1. The van der Waals surface area contributed by atoms with Gasteiger partial charge < -0.3 is 9.47 Å². The van der Waals surface area contributed by atoms with E-state index in [0.717, 1.165) is 5.56 Å². The lowest BCUT2D eigenvalue weighted by Gasteiger charge is -2.12. The molecule has 4 nitrogen and oxygen atoms in total. The normalized spacial score (nSPS) is 15.2. The summed E-state index contributed by atoms with van der Waals surface area (Å²) in [6.45, 7) is 4.11. The fourth-order valence-corrected chi connectivity index (χ4v) is 3.88. The third-order valence-electron chi connectivity index (χ3n) is 4.01. The number of carbonyl (C=O) groups excluding carboxylic acids is 1. The molecule has 1 fully saturated rings. The molecule has 0 bridgehead atoms. The molecule has 0 atom stereocenters. The molecule has 2 aromatic rings. The van der Waals surface area contributed by atoms with E-state index in [4.69, 9.17) is 21.7 Å². The van der Waals surface area contributed by atoms with Crippen LogP contribution < -0.4 is 9.47 Å². The maximum Gasteiger partial charge on any atom is 0.266 e. The Hall–Kier alpha value is -2.64. The van der Waals surface area contributed by atoms with Crippen LogP contribution in [-0.2, 0) is 11.4 Å². The highest BCUT2D eigenvalue weighted by atomic mass is 32.2. The van der Waals surface area contributed by atoms with Gasteiger partial charge in [-0.05, 0) is 29.8 Å². The van der Waals surface area contributed by atoms with Gasteiger partial charge in [-0.1, -0.05) is 54.3 Å². The first-order chi connectivity index (χ1) is 13.5. The Morgan fingerprint density at radius 2 is 2.04 bits per heavy atom. The molecule has 7 heteroatoms. The van der Waals surface area contributed by atoms with Crippen molar-refractivity contribution in [2.45, 2.75) is 6.61 Å². The zero-order valence-corrected chi connectivity index (χ0v) is 16.8. The largest absolute Gasteiger partial charge is 0.493 e. The van der Waals surface area contributed by atoms with Crippen molar-refractivity contribution in [3.05, 3.63) is 77.0 Å². The topological polar surface area (TPSA) is 38.8 Å². The van der Waals surface area contributed by atoms with Gasteiger partial charge in [-0.2, -0.15) is 0 Å². The van der Waals surface area contributed by atoms with E-state index < -0.39 is 0 Å². The molecule has 0 aromatic heterocycles. The van der Waals surface area contributed by atoms with Gasteiger partial charge in [-0.3, -0.25) is 9.69 Å². The van der Waals surface area contributed by atoms with E-state index in [1.807, 2.05) is 0 Å². The van der Waals surface area contributed by atoms with Crippen LogP contribution in [0.25, 0.3) is 6.08 Å². The number of amides is 1. The fraction of sp³-hybridized carbons (Fsp3) is 0.143. The number of thioether (sulfide) groups is 1. The molecular formula is C21H18FNO3S2. The number of benzene rings is 2. The maximum atomic E-state index is 13.7. The van der Waals surface area contributed by atoms with Crippen molar-refractivity contribution in [3.8, 4) is 11.5 Å². The Balaban J connectivity index is 1.78. The van der Waals surface area contributed by atoms with Gasteiger partial charge in [0.15, 0.2) is 11.5 Å². The van der Waals surface area contributed by atoms with E-state index >= 15 is 0 Å². The summed E-state index contributed by atoms with van der Waals surface area (Å²) in [7, 11) is 1.53. The number of carbonyl (C=O) groups is 1. The molecule has 0 N–H and O–H groups in total. The molecule has 1 aliphatic rings. The summed E-state index contributed by atoms with van der Waals surface area (Å²) in [5.41, 5.74) is 1.23. The van der Waals surface area contributed by atoms with Crippen molar-refractivity contribution in [3.63, 3.8) is 0 Å². The summed E-state index contributed by atoms with van der Waals surface area (Å²) < 4.78 is 25.4. The van der Waals surface area contributed by atoms with Crippen molar-refractivity contribution in [2.75, 3.05) is 13.7 Å². The summed E-state index contributed by atoms with van der Waals surface area (Å²) in [6, 6.07) is 11.7. The van der Waals surface area contributed by atoms with E-state index in [0.29, 0.717) is 32.8 Å². The van der Waals surface area contributed by atoms with Gasteiger partial charge in [0, 0.05) is 12.1 Å². The number of methoxy groups -OCH3 is 1. The number of nitrogens with zero attached hydrogens (tertiary/aromatic N) is 1. The monoisotopic (exact) mass is 415 g/mol. The number of hydrogen-bond donors (Lipinski definition) is 0. The lowest BCUT2D eigenvalue weighted by Crippen LogP contribution is -2.27. The van der Waals surface area contributed by atoms with Crippen LogP contribution in [0.3, 0.4) is 0 Å². The average Bonchev–Trinajstić information content (AvgIpc) is 2.95.